The van der Waals surface area contributed by atoms with Gasteiger partial charge in [-0.25, -0.2) is 0 Å². The van der Waals surface area contributed by atoms with Gasteiger partial charge in [0.05, 0.1) is 22.5 Å². The molecule has 0 fully saturated rings. The van der Waals surface area contributed by atoms with Crippen molar-refractivity contribution < 1.29 is 4.74 Å². The first-order valence-corrected chi connectivity index (χ1v) is 7.54. The Balaban J connectivity index is 1.64. The first kappa shape index (κ1) is 15.1. The number of aryl methyl sites for hydroxylation is 2. The molecule has 5 heteroatoms. The van der Waals surface area contributed by atoms with E-state index in [0.29, 0.717) is 0 Å². The molecule has 108 valence electrons. The lowest BCUT2D eigenvalue weighted by Gasteiger charge is -2.07. The number of ether oxygens (including phenoxy) is 1. The molecule has 0 atom stereocenters. The Morgan fingerprint density at radius 2 is 2.05 bits per heavy atom. The van der Waals surface area contributed by atoms with E-state index in [2.05, 4.69) is 26.3 Å². The van der Waals surface area contributed by atoms with Gasteiger partial charge in [-0.1, -0.05) is 18.2 Å². The maximum absolute atomic E-state index is 5.64. The standard InChI is InChI=1S/C15H20BrN3O/c1-12-15(16)14(19(2)18-12)11-17-9-6-10-20-13-7-4-3-5-8-13/h3-5,7-8,17H,6,9-11H2,1-2H3. The van der Waals surface area contributed by atoms with E-state index in [9.17, 15) is 0 Å². The Bertz CT molecular complexity index is 540. The molecule has 0 spiro atoms. The summed E-state index contributed by atoms with van der Waals surface area (Å²) in [7, 11) is 1.97. The smallest absolute Gasteiger partial charge is 0.119 e. The molecule has 0 amide bonds. The molecule has 2 aromatic rings. The predicted molar refractivity (Wildman–Crippen MR) is 83.9 cm³/mol. The van der Waals surface area contributed by atoms with Crippen molar-refractivity contribution >= 4 is 15.9 Å². The number of benzene rings is 1. The molecule has 0 aliphatic carbocycles. The molecular weight excluding hydrogens is 318 g/mol. The van der Waals surface area contributed by atoms with Crippen LogP contribution in [0.1, 0.15) is 17.8 Å². The molecule has 0 aliphatic rings. The van der Waals surface area contributed by atoms with Crippen LogP contribution in [-0.4, -0.2) is 22.9 Å². The molecule has 0 unspecified atom stereocenters. The number of hydrogen-bond acceptors (Lipinski definition) is 3. The Morgan fingerprint density at radius 3 is 2.70 bits per heavy atom. The number of para-hydroxylation sites is 1. The van der Waals surface area contributed by atoms with Gasteiger partial charge in [0.1, 0.15) is 5.75 Å². The van der Waals surface area contributed by atoms with Gasteiger partial charge in [0.15, 0.2) is 0 Å². The molecule has 0 saturated carbocycles. The molecule has 1 N–H and O–H groups in total. The minimum absolute atomic E-state index is 0.725. The lowest BCUT2D eigenvalue weighted by molar-refractivity contribution is 0.308. The van der Waals surface area contributed by atoms with E-state index < -0.39 is 0 Å². The van der Waals surface area contributed by atoms with Gasteiger partial charge in [-0.2, -0.15) is 5.10 Å². The van der Waals surface area contributed by atoms with E-state index in [1.807, 2.05) is 49.0 Å². The molecule has 20 heavy (non-hydrogen) atoms. The van der Waals surface area contributed by atoms with E-state index in [4.69, 9.17) is 4.74 Å². The van der Waals surface area contributed by atoms with Crippen LogP contribution >= 0.6 is 15.9 Å². The first-order valence-electron chi connectivity index (χ1n) is 6.75. The van der Waals surface area contributed by atoms with Crippen LogP contribution in [0.4, 0.5) is 0 Å². The number of rotatable bonds is 7. The Hall–Kier alpha value is -1.33. The van der Waals surface area contributed by atoms with Crippen LogP contribution in [0.3, 0.4) is 0 Å². The van der Waals surface area contributed by atoms with Crippen LogP contribution in [0.15, 0.2) is 34.8 Å². The van der Waals surface area contributed by atoms with Crippen molar-refractivity contribution in [1.82, 2.24) is 15.1 Å². The second kappa shape index (κ2) is 7.45. The van der Waals surface area contributed by atoms with Gasteiger partial charge in [0.25, 0.3) is 0 Å². The summed E-state index contributed by atoms with van der Waals surface area (Å²) in [6.45, 7) is 4.46. The first-order chi connectivity index (χ1) is 9.68. The predicted octanol–water partition coefficient (Wildman–Crippen LogP) is 3.05. The van der Waals surface area contributed by atoms with E-state index in [-0.39, 0.29) is 0 Å². The highest BCUT2D eigenvalue weighted by Gasteiger charge is 2.09. The Kier molecular flexibility index (Phi) is 5.61. The quantitative estimate of drug-likeness (QED) is 0.789. The molecule has 0 bridgehead atoms. The molecule has 1 aromatic heterocycles. The lowest BCUT2D eigenvalue weighted by Crippen LogP contribution is -2.19. The lowest BCUT2D eigenvalue weighted by atomic mass is 10.3. The van der Waals surface area contributed by atoms with Crippen LogP contribution in [0.2, 0.25) is 0 Å². The average Bonchev–Trinajstić information content (AvgIpc) is 2.69. The summed E-state index contributed by atoms with van der Waals surface area (Å²) in [5, 5.41) is 7.78. The van der Waals surface area contributed by atoms with Crippen LogP contribution in [0, 0.1) is 6.92 Å². The summed E-state index contributed by atoms with van der Waals surface area (Å²) in [6.07, 6.45) is 0.976. The molecule has 0 radical (unpaired) electrons. The molecule has 1 heterocycles. The fourth-order valence-electron chi connectivity index (χ4n) is 1.98. The van der Waals surface area contributed by atoms with Crippen molar-refractivity contribution in [1.29, 1.82) is 0 Å². The third-order valence-corrected chi connectivity index (χ3v) is 4.10. The normalized spacial score (nSPS) is 10.8. The third-order valence-electron chi connectivity index (χ3n) is 3.06. The fourth-order valence-corrected chi connectivity index (χ4v) is 2.46. The van der Waals surface area contributed by atoms with Crippen molar-refractivity contribution in [2.75, 3.05) is 13.2 Å². The van der Waals surface area contributed by atoms with E-state index in [1.54, 1.807) is 0 Å². The van der Waals surface area contributed by atoms with Gasteiger partial charge in [-0.15, -0.1) is 0 Å². The molecule has 1 aromatic carbocycles. The largest absolute Gasteiger partial charge is 0.494 e. The second-order valence-electron chi connectivity index (χ2n) is 4.66. The zero-order chi connectivity index (χ0) is 14.4. The number of hydrogen-bond donors (Lipinski definition) is 1. The van der Waals surface area contributed by atoms with Crippen molar-refractivity contribution in [3.63, 3.8) is 0 Å². The average molecular weight is 338 g/mol. The fraction of sp³-hybridized carbons (Fsp3) is 0.400. The zero-order valence-corrected chi connectivity index (χ0v) is 13.5. The van der Waals surface area contributed by atoms with Crippen molar-refractivity contribution in [2.45, 2.75) is 19.9 Å². The van der Waals surface area contributed by atoms with Gasteiger partial charge >= 0.3 is 0 Å². The molecule has 4 nitrogen and oxygen atoms in total. The maximum atomic E-state index is 5.64. The van der Waals surface area contributed by atoms with Crippen molar-refractivity contribution in [2.24, 2.45) is 7.05 Å². The monoisotopic (exact) mass is 337 g/mol. The highest BCUT2D eigenvalue weighted by molar-refractivity contribution is 9.10. The van der Waals surface area contributed by atoms with E-state index in [1.165, 1.54) is 5.69 Å². The van der Waals surface area contributed by atoms with Crippen LogP contribution < -0.4 is 10.1 Å². The highest BCUT2D eigenvalue weighted by atomic mass is 79.9. The molecule has 0 aliphatic heterocycles. The summed E-state index contributed by atoms with van der Waals surface area (Å²) in [5.41, 5.74) is 2.20. The van der Waals surface area contributed by atoms with Gasteiger partial charge in [-0.05, 0) is 48.0 Å². The van der Waals surface area contributed by atoms with Gasteiger partial charge in [0, 0.05) is 13.6 Å². The maximum Gasteiger partial charge on any atom is 0.119 e. The number of aromatic nitrogens is 2. The van der Waals surface area contributed by atoms with Crippen molar-refractivity contribution in [3.05, 3.63) is 46.2 Å². The summed E-state index contributed by atoms with van der Waals surface area (Å²) in [6, 6.07) is 9.90. The number of halogens is 1. The Labute approximate surface area is 128 Å². The molecule has 2 rings (SSSR count). The number of nitrogens with zero attached hydrogens (tertiary/aromatic N) is 2. The molecule has 0 saturated heterocycles. The van der Waals surface area contributed by atoms with Gasteiger partial charge < -0.3 is 10.1 Å². The minimum atomic E-state index is 0.725. The summed E-state index contributed by atoms with van der Waals surface area (Å²) >= 11 is 3.57. The zero-order valence-electron chi connectivity index (χ0n) is 11.9. The highest BCUT2D eigenvalue weighted by Crippen LogP contribution is 2.19. The summed E-state index contributed by atoms with van der Waals surface area (Å²) in [4.78, 5) is 0. The third kappa shape index (κ3) is 4.08. The second-order valence-corrected chi connectivity index (χ2v) is 5.45. The van der Waals surface area contributed by atoms with Crippen LogP contribution in [0.5, 0.6) is 5.75 Å². The van der Waals surface area contributed by atoms with E-state index in [0.717, 1.165) is 42.0 Å². The van der Waals surface area contributed by atoms with E-state index >= 15 is 0 Å². The van der Waals surface area contributed by atoms with Crippen LogP contribution in [-0.2, 0) is 13.6 Å². The summed E-state index contributed by atoms with van der Waals surface area (Å²) in [5.74, 6) is 0.928. The van der Waals surface area contributed by atoms with Crippen LogP contribution in [0.25, 0.3) is 0 Å². The Morgan fingerprint density at radius 1 is 1.30 bits per heavy atom. The minimum Gasteiger partial charge on any atom is -0.494 e. The SMILES string of the molecule is Cc1nn(C)c(CNCCCOc2ccccc2)c1Br. The van der Waals surface area contributed by atoms with Gasteiger partial charge in [-0.3, -0.25) is 4.68 Å². The topological polar surface area (TPSA) is 39.1 Å². The number of nitrogens with one attached hydrogen (secondary N) is 1. The van der Waals surface area contributed by atoms with Gasteiger partial charge in [0.2, 0.25) is 0 Å². The van der Waals surface area contributed by atoms with Crippen molar-refractivity contribution in [3.8, 4) is 5.75 Å². The summed E-state index contributed by atoms with van der Waals surface area (Å²) < 4.78 is 8.64. The molecular formula is C15H20BrN3O.